The van der Waals surface area contributed by atoms with Gasteiger partial charge in [0.1, 0.15) is 5.41 Å². The highest BCUT2D eigenvalue weighted by Crippen LogP contribution is 2.35. The first kappa shape index (κ1) is 15.3. The lowest BCUT2D eigenvalue weighted by molar-refractivity contribution is -0.130. The Morgan fingerprint density at radius 2 is 1.85 bits per heavy atom. The number of carbonyl (C=O) groups excluding carboxylic acids is 1. The molecular formula is C16H26N2O2. The monoisotopic (exact) mass is 278 g/mol. The van der Waals surface area contributed by atoms with E-state index in [1.54, 1.807) is 0 Å². The fraction of sp³-hybridized carbons (Fsp3) is 0.875. The van der Waals surface area contributed by atoms with E-state index in [1.807, 2.05) is 0 Å². The molecular weight excluding hydrogens is 252 g/mol. The van der Waals surface area contributed by atoms with E-state index < -0.39 is 5.41 Å². The van der Waals surface area contributed by atoms with E-state index >= 15 is 0 Å². The molecule has 1 heterocycles. The highest BCUT2D eigenvalue weighted by atomic mass is 16.5. The minimum absolute atomic E-state index is 0.0408. The van der Waals surface area contributed by atoms with Crippen molar-refractivity contribution in [2.45, 2.75) is 64.3 Å². The van der Waals surface area contributed by atoms with Crippen LogP contribution in [0.3, 0.4) is 0 Å². The van der Waals surface area contributed by atoms with Crippen LogP contribution in [-0.2, 0) is 9.53 Å². The van der Waals surface area contributed by atoms with Crippen molar-refractivity contribution in [2.75, 3.05) is 13.2 Å². The van der Waals surface area contributed by atoms with E-state index in [1.165, 1.54) is 0 Å². The molecule has 1 saturated carbocycles. The molecule has 0 bridgehead atoms. The Morgan fingerprint density at radius 1 is 1.25 bits per heavy atom. The molecule has 4 heteroatoms. The molecule has 1 N–H and O–H groups in total. The largest absolute Gasteiger partial charge is 0.381 e. The summed E-state index contributed by atoms with van der Waals surface area (Å²) in [7, 11) is 0. The molecule has 0 aromatic carbocycles. The first-order chi connectivity index (χ1) is 9.68. The lowest BCUT2D eigenvalue weighted by Gasteiger charge is -2.31. The third-order valence-electron chi connectivity index (χ3n) is 4.94. The molecule has 0 aromatic rings. The van der Waals surface area contributed by atoms with Gasteiger partial charge < -0.3 is 10.1 Å². The fourth-order valence-electron chi connectivity index (χ4n) is 3.40. The van der Waals surface area contributed by atoms with Crippen molar-refractivity contribution in [2.24, 2.45) is 11.3 Å². The Kier molecular flexibility index (Phi) is 5.42. The molecule has 2 fully saturated rings. The summed E-state index contributed by atoms with van der Waals surface area (Å²) in [6.45, 7) is 3.64. The predicted octanol–water partition coefficient (Wildman–Crippen LogP) is 2.78. The molecule has 0 radical (unpaired) electrons. The molecule has 1 atom stereocenters. The van der Waals surface area contributed by atoms with Crippen LogP contribution >= 0.6 is 0 Å². The SMILES string of the molecule is CC(NC(=O)C1(C#N)CCCCCC1)C1CCOCC1. The zero-order chi connectivity index (χ0) is 14.4. The van der Waals surface area contributed by atoms with Crippen LogP contribution in [0, 0.1) is 22.7 Å². The van der Waals surface area contributed by atoms with Gasteiger partial charge in [-0.25, -0.2) is 0 Å². The van der Waals surface area contributed by atoms with Crippen LogP contribution < -0.4 is 5.32 Å². The van der Waals surface area contributed by atoms with Gasteiger partial charge in [0.15, 0.2) is 0 Å². The molecule has 2 aliphatic rings. The molecule has 1 saturated heterocycles. The first-order valence-electron chi connectivity index (χ1n) is 7.98. The fourth-order valence-corrected chi connectivity index (χ4v) is 3.40. The first-order valence-corrected chi connectivity index (χ1v) is 7.98. The standard InChI is InChI=1S/C16H26N2O2/c1-13(14-6-10-20-11-7-14)18-15(19)16(12-17)8-4-2-3-5-9-16/h13-14H,2-11H2,1H3,(H,18,19). The van der Waals surface area contributed by atoms with Crippen molar-refractivity contribution in [1.82, 2.24) is 5.32 Å². The van der Waals surface area contributed by atoms with Gasteiger partial charge in [0.25, 0.3) is 0 Å². The van der Waals surface area contributed by atoms with Crippen LogP contribution in [0.15, 0.2) is 0 Å². The Balaban J connectivity index is 1.96. The predicted molar refractivity (Wildman–Crippen MR) is 76.9 cm³/mol. The van der Waals surface area contributed by atoms with Gasteiger partial charge >= 0.3 is 0 Å². The van der Waals surface area contributed by atoms with E-state index in [-0.39, 0.29) is 11.9 Å². The van der Waals surface area contributed by atoms with Crippen molar-refractivity contribution in [3.8, 4) is 6.07 Å². The summed E-state index contributed by atoms with van der Waals surface area (Å²) in [6, 6.07) is 2.47. The molecule has 1 aliphatic heterocycles. The van der Waals surface area contributed by atoms with Gasteiger partial charge in [0.2, 0.25) is 5.91 Å². The van der Waals surface area contributed by atoms with E-state index in [0.29, 0.717) is 5.92 Å². The average molecular weight is 278 g/mol. The van der Waals surface area contributed by atoms with E-state index in [9.17, 15) is 10.1 Å². The molecule has 112 valence electrons. The third kappa shape index (κ3) is 3.52. The van der Waals surface area contributed by atoms with Crippen LogP contribution in [0.5, 0.6) is 0 Å². The van der Waals surface area contributed by atoms with Crippen molar-refractivity contribution in [3.05, 3.63) is 0 Å². The maximum Gasteiger partial charge on any atom is 0.240 e. The van der Waals surface area contributed by atoms with Crippen molar-refractivity contribution in [3.63, 3.8) is 0 Å². The molecule has 20 heavy (non-hydrogen) atoms. The minimum Gasteiger partial charge on any atom is -0.381 e. The maximum atomic E-state index is 12.6. The van der Waals surface area contributed by atoms with Gasteiger partial charge in [-0.2, -0.15) is 5.26 Å². The van der Waals surface area contributed by atoms with Gasteiger partial charge in [-0.15, -0.1) is 0 Å². The second-order valence-corrected chi connectivity index (χ2v) is 6.32. The molecule has 1 unspecified atom stereocenters. The van der Waals surface area contributed by atoms with E-state index in [0.717, 1.165) is 64.6 Å². The van der Waals surface area contributed by atoms with Crippen molar-refractivity contribution < 1.29 is 9.53 Å². The number of amides is 1. The van der Waals surface area contributed by atoms with Gasteiger partial charge in [0.05, 0.1) is 6.07 Å². The summed E-state index contributed by atoms with van der Waals surface area (Å²) in [5, 5.41) is 12.7. The average Bonchev–Trinajstić information content (AvgIpc) is 2.74. The zero-order valence-corrected chi connectivity index (χ0v) is 12.5. The third-order valence-corrected chi connectivity index (χ3v) is 4.94. The smallest absolute Gasteiger partial charge is 0.240 e. The lowest BCUT2D eigenvalue weighted by Crippen LogP contribution is -2.47. The maximum absolute atomic E-state index is 12.6. The van der Waals surface area contributed by atoms with Crippen LogP contribution in [0.4, 0.5) is 0 Å². The Bertz CT molecular complexity index is 361. The molecule has 0 spiro atoms. The van der Waals surface area contributed by atoms with Crippen molar-refractivity contribution >= 4 is 5.91 Å². The second kappa shape index (κ2) is 7.08. The van der Waals surface area contributed by atoms with Crippen LogP contribution in [0.1, 0.15) is 58.3 Å². The van der Waals surface area contributed by atoms with E-state index in [2.05, 4.69) is 18.3 Å². The molecule has 4 nitrogen and oxygen atoms in total. The quantitative estimate of drug-likeness (QED) is 0.807. The normalized spacial score (nSPS) is 25.2. The topological polar surface area (TPSA) is 62.1 Å². The number of nitrogens with zero attached hydrogens (tertiary/aromatic N) is 1. The summed E-state index contributed by atoms with van der Waals surface area (Å²) >= 11 is 0. The number of carbonyl (C=O) groups is 1. The molecule has 0 aromatic heterocycles. The molecule has 1 aliphatic carbocycles. The van der Waals surface area contributed by atoms with Gasteiger partial charge in [-0.3, -0.25) is 4.79 Å². The lowest BCUT2D eigenvalue weighted by atomic mass is 9.80. The van der Waals surface area contributed by atoms with Gasteiger partial charge in [0, 0.05) is 19.3 Å². The van der Waals surface area contributed by atoms with Crippen molar-refractivity contribution in [1.29, 1.82) is 5.26 Å². The van der Waals surface area contributed by atoms with Crippen LogP contribution in [0.25, 0.3) is 0 Å². The number of hydrogen-bond donors (Lipinski definition) is 1. The highest BCUT2D eigenvalue weighted by Gasteiger charge is 2.39. The van der Waals surface area contributed by atoms with E-state index in [4.69, 9.17) is 4.74 Å². The summed E-state index contributed by atoms with van der Waals surface area (Å²) in [6.07, 6.45) is 7.71. The number of hydrogen-bond acceptors (Lipinski definition) is 3. The summed E-state index contributed by atoms with van der Waals surface area (Å²) in [5.41, 5.74) is -0.782. The second-order valence-electron chi connectivity index (χ2n) is 6.32. The Labute approximate surface area is 121 Å². The molecule has 2 rings (SSSR count). The summed E-state index contributed by atoms with van der Waals surface area (Å²) in [4.78, 5) is 12.6. The number of rotatable bonds is 3. The van der Waals surface area contributed by atoms with Crippen LogP contribution in [-0.4, -0.2) is 25.2 Å². The Hall–Kier alpha value is -1.08. The number of nitrogens with one attached hydrogen (secondary N) is 1. The summed E-state index contributed by atoms with van der Waals surface area (Å²) < 4.78 is 5.36. The zero-order valence-electron chi connectivity index (χ0n) is 12.5. The summed E-state index contributed by atoms with van der Waals surface area (Å²) in [5.74, 6) is 0.440. The van der Waals surface area contributed by atoms with Gasteiger partial charge in [-0.05, 0) is 38.5 Å². The number of nitriles is 1. The van der Waals surface area contributed by atoms with Crippen LogP contribution in [0.2, 0.25) is 0 Å². The highest BCUT2D eigenvalue weighted by molar-refractivity contribution is 5.85. The van der Waals surface area contributed by atoms with Gasteiger partial charge in [-0.1, -0.05) is 25.7 Å². The minimum atomic E-state index is -0.782. The Morgan fingerprint density at radius 3 is 2.40 bits per heavy atom. The molecule has 1 amide bonds. The number of ether oxygens (including phenoxy) is 1.